The van der Waals surface area contributed by atoms with Gasteiger partial charge in [-0.1, -0.05) is 37.3 Å². The average Bonchev–Trinajstić information content (AvgIpc) is 3.40. The summed E-state index contributed by atoms with van der Waals surface area (Å²) in [6.07, 6.45) is 4.98. The predicted octanol–water partition coefficient (Wildman–Crippen LogP) is 2.91. The van der Waals surface area contributed by atoms with Crippen LogP contribution in [0.1, 0.15) is 36.7 Å². The zero-order valence-electron chi connectivity index (χ0n) is 13.4. The summed E-state index contributed by atoms with van der Waals surface area (Å²) in [6.45, 7) is 3.90. The molecule has 1 aliphatic rings. The molecule has 0 saturated heterocycles. The maximum Gasteiger partial charge on any atom is 0.284 e. The molecule has 5 nitrogen and oxygen atoms in total. The van der Waals surface area contributed by atoms with E-state index >= 15 is 0 Å². The number of rotatable bonds is 7. The molecule has 0 bridgehead atoms. The lowest BCUT2D eigenvalue weighted by atomic mass is 10.1. The first-order valence-electron chi connectivity index (χ1n) is 8.19. The summed E-state index contributed by atoms with van der Waals surface area (Å²) < 4.78 is 0. The van der Waals surface area contributed by atoms with Gasteiger partial charge in [-0.25, -0.2) is 15.0 Å². The number of benzene rings is 1. The molecular formula is C18H22N4O. The molecule has 120 valence electrons. The zero-order valence-corrected chi connectivity index (χ0v) is 13.4. The van der Waals surface area contributed by atoms with Gasteiger partial charge >= 0.3 is 0 Å². The lowest BCUT2D eigenvalue weighted by Gasteiger charge is -2.22. The van der Waals surface area contributed by atoms with Crippen molar-refractivity contribution in [1.82, 2.24) is 20.4 Å². The minimum atomic E-state index is -0.168. The van der Waals surface area contributed by atoms with E-state index in [1.165, 1.54) is 19.2 Å². The molecule has 0 aliphatic heterocycles. The molecule has 2 aromatic rings. The molecule has 0 radical (unpaired) electrons. The van der Waals surface area contributed by atoms with Gasteiger partial charge in [0.05, 0.1) is 5.69 Å². The highest BCUT2D eigenvalue weighted by molar-refractivity contribution is 5.92. The number of nitrogens with one attached hydrogen (secondary N) is 1. The first-order chi connectivity index (χ1) is 11.3. The molecule has 1 aromatic carbocycles. The normalized spacial score (nSPS) is 14.0. The summed E-state index contributed by atoms with van der Waals surface area (Å²) >= 11 is 0. The van der Waals surface area contributed by atoms with Crippen molar-refractivity contribution in [3.05, 3.63) is 48.4 Å². The van der Waals surface area contributed by atoms with Crippen LogP contribution in [0.5, 0.6) is 0 Å². The largest absolute Gasteiger partial charge is 0.284 e. The molecule has 1 saturated carbocycles. The van der Waals surface area contributed by atoms with Gasteiger partial charge < -0.3 is 0 Å². The van der Waals surface area contributed by atoms with Crippen LogP contribution < -0.4 is 5.43 Å². The number of hydrogen-bond acceptors (Lipinski definition) is 4. The van der Waals surface area contributed by atoms with Crippen LogP contribution in [-0.4, -0.2) is 34.0 Å². The summed E-state index contributed by atoms with van der Waals surface area (Å²) in [5, 5.41) is 2.02. The molecule has 1 aromatic heterocycles. The number of hydrazine groups is 1. The molecule has 1 fully saturated rings. The van der Waals surface area contributed by atoms with Crippen molar-refractivity contribution in [2.45, 2.75) is 26.2 Å². The van der Waals surface area contributed by atoms with E-state index < -0.39 is 0 Å². The number of nitrogens with zero attached hydrogens (tertiary/aromatic N) is 3. The lowest BCUT2D eigenvalue weighted by Crippen LogP contribution is -2.44. The number of carbonyl (C=O) groups excluding carboxylic acids is 1. The minimum absolute atomic E-state index is 0.168. The number of aromatic nitrogens is 2. The van der Waals surface area contributed by atoms with E-state index in [-0.39, 0.29) is 5.91 Å². The highest BCUT2D eigenvalue weighted by Crippen LogP contribution is 2.29. The second kappa shape index (κ2) is 7.33. The molecule has 1 N–H and O–H groups in total. The van der Waals surface area contributed by atoms with Gasteiger partial charge in [-0.05, 0) is 31.2 Å². The minimum Gasteiger partial charge on any atom is -0.283 e. The first kappa shape index (κ1) is 15.6. The van der Waals surface area contributed by atoms with Gasteiger partial charge in [0.2, 0.25) is 0 Å². The van der Waals surface area contributed by atoms with E-state index in [1.54, 1.807) is 6.07 Å². The first-order valence-corrected chi connectivity index (χ1v) is 8.19. The van der Waals surface area contributed by atoms with Crippen LogP contribution in [0, 0.1) is 5.92 Å². The Kier molecular flexibility index (Phi) is 4.98. The second-order valence-corrected chi connectivity index (χ2v) is 5.98. The molecule has 0 atom stereocenters. The van der Waals surface area contributed by atoms with Crippen molar-refractivity contribution in [2.24, 2.45) is 5.92 Å². The summed E-state index contributed by atoms with van der Waals surface area (Å²) in [4.78, 5) is 20.9. The van der Waals surface area contributed by atoms with Crippen LogP contribution in [0.15, 0.2) is 42.7 Å². The summed E-state index contributed by atoms with van der Waals surface area (Å²) in [6, 6.07) is 11.6. The van der Waals surface area contributed by atoms with Gasteiger partial charge in [-0.15, -0.1) is 0 Å². The Balaban J connectivity index is 1.71. The fourth-order valence-corrected chi connectivity index (χ4v) is 2.52. The SMILES string of the molecule is CCCN(CC1CC1)NC(=O)c1cc(-c2ccccc2)ncn1. The third kappa shape index (κ3) is 4.36. The lowest BCUT2D eigenvalue weighted by molar-refractivity contribution is 0.0774. The van der Waals surface area contributed by atoms with Gasteiger partial charge in [0.1, 0.15) is 12.0 Å². The number of amides is 1. The summed E-state index contributed by atoms with van der Waals surface area (Å²) in [7, 11) is 0. The Morgan fingerprint density at radius 1 is 1.26 bits per heavy atom. The van der Waals surface area contributed by atoms with E-state index in [1.807, 2.05) is 35.3 Å². The average molecular weight is 310 g/mol. The Morgan fingerprint density at radius 3 is 2.74 bits per heavy atom. The van der Waals surface area contributed by atoms with Gasteiger partial charge in [-0.3, -0.25) is 10.2 Å². The maximum absolute atomic E-state index is 12.5. The quantitative estimate of drug-likeness (QED) is 0.799. The predicted molar refractivity (Wildman–Crippen MR) is 89.5 cm³/mol. The van der Waals surface area contributed by atoms with Gasteiger partial charge in [0.25, 0.3) is 5.91 Å². The van der Waals surface area contributed by atoms with Crippen LogP contribution in [0.4, 0.5) is 0 Å². The third-order valence-electron chi connectivity index (χ3n) is 3.90. The Labute approximate surface area is 136 Å². The van der Waals surface area contributed by atoms with Crippen LogP contribution in [0.3, 0.4) is 0 Å². The fraction of sp³-hybridized carbons (Fsp3) is 0.389. The molecule has 1 amide bonds. The van der Waals surface area contributed by atoms with Crippen molar-refractivity contribution in [1.29, 1.82) is 0 Å². The summed E-state index contributed by atoms with van der Waals surface area (Å²) in [5.41, 5.74) is 5.13. The number of hydrogen-bond donors (Lipinski definition) is 1. The molecular weight excluding hydrogens is 288 g/mol. The van der Waals surface area contributed by atoms with Crippen LogP contribution in [-0.2, 0) is 0 Å². The van der Waals surface area contributed by atoms with E-state index in [4.69, 9.17) is 0 Å². The smallest absolute Gasteiger partial charge is 0.283 e. The van der Waals surface area contributed by atoms with Crippen molar-refractivity contribution in [3.63, 3.8) is 0 Å². The topological polar surface area (TPSA) is 58.1 Å². The summed E-state index contributed by atoms with van der Waals surface area (Å²) in [5.74, 6) is 0.561. The van der Waals surface area contributed by atoms with Crippen molar-refractivity contribution in [3.8, 4) is 11.3 Å². The number of carbonyl (C=O) groups is 1. The van der Waals surface area contributed by atoms with Crippen molar-refractivity contribution < 1.29 is 4.79 Å². The Bertz CT molecular complexity index is 655. The fourth-order valence-electron chi connectivity index (χ4n) is 2.52. The highest BCUT2D eigenvalue weighted by Gasteiger charge is 2.25. The maximum atomic E-state index is 12.5. The van der Waals surface area contributed by atoms with Crippen LogP contribution in [0.2, 0.25) is 0 Å². The Morgan fingerprint density at radius 2 is 2.04 bits per heavy atom. The second-order valence-electron chi connectivity index (χ2n) is 5.98. The van der Waals surface area contributed by atoms with Gasteiger partial charge in [0.15, 0.2) is 0 Å². The highest BCUT2D eigenvalue weighted by atomic mass is 16.2. The molecule has 5 heteroatoms. The van der Waals surface area contributed by atoms with Gasteiger partial charge in [-0.2, -0.15) is 0 Å². The molecule has 0 unspecified atom stereocenters. The van der Waals surface area contributed by atoms with Crippen LogP contribution >= 0.6 is 0 Å². The van der Waals surface area contributed by atoms with E-state index in [0.717, 1.165) is 36.7 Å². The standard InChI is InChI=1S/C18H22N4O/c1-2-10-22(12-14-8-9-14)21-18(23)17-11-16(19-13-20-17)15-6-4-3-5-7-15/h3-7,11,13-14H,2,8-10,12H2,1H3,(H,21,23). The van der Waals surface area contributed by atoms with E-state index in [9.17, 15) is 4.79 Å². The molecule has 1 aliphatic carbocycles. The van der Waals surface area contributed by atoms with E-state index in [0.29, 0.717) is 5.69 Å². The molecule has 0 spiro atoms. The molecule has 3 rings (SSSR count). The van der Waals surface area contributed by atoms with Crippen molar-refractivity contribution >= 4 is 5.91 Å². The zero-order chi connectivity index (χ0) is 16.1. The van der Waals surface area contributed by atoms with E-state index in [2.05, 4.69) is 22.3 Å². The third-order valence-corrected chi connectivity index (χ3v) is 3.90. The van der Waals surface area contributed by atoms with Crippen molar-refractivity contribution in [2.75, 3.05) is 13.1 Å². The van der Waals surface area contributed by atoms with Crippen LogP contribution in [0.25, 0.3) is 11.3 Å². The molecule has 1 heterocycles. The monoisotopic (exact) mass is 310 g/mol. The molecule has 23 heavy (non-hydrogen) atoms. The Hall–Kier alpha value is -2.27. The van der Waals surface area contributed by atoms with Gasteiger partial charge in [0, 0.05) is 18.7 Å².